The number of hydrogen-bond acceptors (Lipinski definition) is 3. The van der Waals surface area contributed by atoms with Gasteiger partial charge in [0.25, 0.3) is 0 Å². The van der Waals surface area contributed by atoms with Crippen molar-refractivity contribution in [3.05, 3.63) is 47.5 Å². The fourth-order valence-corrected chi connectivity index (χ4v) is 2.01. The van der Waals surface area contributed by atoms with Crippen LogP contribution in [0.25, 0.3) is 0 Å². The average molecular weight is 275 g/mol. The summed E-state index contributed by atoms with van der Waals surface area (Å²) in [6.45, 7) is 7.94. The molecule has 0 atom stereocenters. The first-order chi connectivity index (χ1) is 9.58. The number of esters is 1. The fourth-order valence-electron chi connectivity index (χ4n) is 2.01. The maximum absolute atomic E-state index is 11.6. The van der Waals surface area contributed by atoms with Gasteiger partial charge in [0.1, 0.15) is 0 Å². The van der Waals surface area contributed by atoms with Gasteiger partial charge in [0.05, 0.1) is 7.11 Å². The van der Waals surface area contributed by atoms with Crippen LogP contribution in [0.2, 0.25) is 0 Å². The molecule has 1 aromatic carbocycles. The first-order valence-electron chi connectivity index (χ1n) is 7.13. The molecule has 0 amide bonds. The van der Waals surface area contributed by atoms with E-state index in [4.69, 9.17) is 4.74 Å². The molecule has 20 heavy (non-hydrogen) atoms. The SMILES string of the molecule is CCC(=CCN(Cc1ccccc1)C(C)C)C(=O)OC. The van der Waals surface area contributed by atoms with Crippen LogP contribution >= 0.6 is 0 Å². The third kappa shape index (κ3) is 5.17. The van der Waals surface area contributed by atoms with Crippen LogP contribution in [0.1, 0.15) is 32.8 Å². The van der Waals surface area contributed by atoms with Gasteiger partial charge in [-0.15, -0.1) is 0 Å². The highest BCUT2D eigenvalue weighted by Crippen LogP contribution is 2.10. The Morgan fingerprint density at radius 1 is 1.30 bits per heavy atom. The minimum absolute atomic E-state index is 0.226. The van der Waals surface area contributed by atoms with Crippen LogP contribution in [-0.2, 0) is 16.1 Å². The van der Waals surface area contributed by atoms with E-state index in [0.717, 1.165) is 18.7 Å². The molecule has 110 valence electrons. The maximum atomic E-state index is 11.6. The molecule has 0 unspecified atom stereocenters. The molecule has 0 heterocycles. The van der Waals surface area contributed by atoms with Crippen molar-refractivity contribution >= 4 is 5.97 Å². The Kier molecular flexibility index (Phi) is 7.02. The van der Waals surface area contributed by atoms with Crippen molar-refractivity contribution in [3.63, 3.8) is 0 Å². The first-order valence-corrected chi connectivity index (χ1v) is 7.13. The number of hydrogen-bond donors (Lipinski definition) is 0. The predicted octanol–water partition coefficient (Wildman–Crippen LogP) is 3.41. The molecule has 0 saturated heterocycles. The van der Waals surface area contributed by atoms with E-state index in [9.17, 15) is 4.79 Å². The zero-order valence-corrected chi connectivity index (χ0v) is 12.9. The quantitative estimate of drug-likeness (QED) is 0.564. The fraction of sp³-hybridized carbons (Fsp3) is 0.471. The minimum Gasteiger partial charge on any atom is -0.466 e. The smallest absolute Gasteiger partial charge is 0.333 e. The Morgan fingerprint density at radius 3 is 2.45 bits per heavy atom. The highest BCUT2D eigenvalue weighted by molar-refractivity contribution is 5.88. The summed E-state index contributed by atoms with van der Waals surface area (Å²) in [6, 6.07) is 10.8. The molecule has 0 spiro atoms. The van der Waals surface area contributed by atoms with Gasteiger partial charge in [0, 0.05) is 24.7 Å². The average Bonchev–Trinajstić information content (AvgIpc) is 2.47. The molecule has 0 aliphatic rings. The van der Waals surface area contributed by atoms with E-state index in [0.29, 0.717) is 12.5 Å². The molecular weight excluding hydrogens is 250 g/mol. The van der Waals surface area contributed by atoms with Crippen molar-refractivity contribution in [2.24, 2.45) is 0 Å². The van der Waals surface area contributed by atoms with Gasteiger partial charge in [-0.1, -0.05) is 43.3 Å². The van der Waals surface area contributed by atoms with Gasteiger partial charge >= 0.3 is 5.97 Å². The summed E-state index contributed by atoms with van der Waals surface area (Å²) in [7, 11) is 1.43. The van der Waals surface area contributed by atoms with E-state index in [1.807, 2.05) is 19.1 Å². The van der Waals surface area contributed by atoms with Crippen molar-refractivity contribution in [1.82, 2.24) is 4.90 Å². The number of benzene rings is 1. The third-order valence-electron chi connectivity index (χ3n) is 3.36. The van der Waals surface area contributed by atoms with Crippen molar-refractivity contribution in [1.29, 1.82) is 0 Å². The highest BCUT2D eigenvalue weighted by Gasteiger charge is 2.11. The summed E-state index contributed by atoms with van der Waals surface area (Å²) in [5.74, 6) is -0.226. The highest BCUT2D eigenvalue weighted by atomic mass is 16.5. The minimum atomic E-state index is -0.226. The molecule has 1 rings (SSSR count). The van der Waals surface area contributed by atoms with E-state index in [1.54, 1.807) is 0 Å². The molecule has 3 nitrogen and oxygen atoms in total. The zero-order valence-electron chi connectivity index (χ0n) is 12.9. The van der Waals surface area contributed by atoms with Crippen molar-refractivity contribution in [2.45, 2.75) is 39.8 Å². The lowest BCUT2D eigenvalue weighted by molar-refractivity contribution is -0.136. The lowest BCUT2D eigenvalue weighted by Gasteiger charge is -2.25. The molecular formula is C17H25NO2. The standard InChI is InChI=1S/C17H25NO2/c1-5-16(17(19)20-4)11-12-18(14(2)3)13-15-9-7-6-8-10-15/h6-11,14H,5,12-13H2,1-4H3. The second-order valence-corrected chi connectivity index (χ2v) is 5.08. The Bertz CT molecular complexity index is 438. The second-order valence-electron chi connectivity index (χ2n) is 5.08. The summed E-state index contributed by atoms with van der Waals surface area (Å²) < 4.78 is 4.79. The van der Waals surface area contributed by atoms with Gasteiger partial charge in [-0.05, 0) is 25.8 Å². The van der Waals surface area contributed by atoms with Crippen LogP contribution in [0.3, 0.4) is 0 Å². The normalized spacial score (nSPS) is 12.0. The van der Waals surface area contributed by atoms with Crippen molar-refractivity contribution in [2.75, 3.05) is 13.7 Å². The second kappa shape index (κ2) is 8.54. The van der Waals surface area contributed by atoms with E-state index < -0.39 is 0 Å². The molecule has 0 aliphatic carbocycles. The number of nitrogens with zero attached hydrogens (tertiary/aromatic N) is 1. The summed E-state index contributed by atoms with van der Waals surface area (Å²) in [4.78, 5) is 13.9. The van der Waals surface area contributed by atoms with Gasteiger partial charge in [-0.2, -0.15) is 0 Å². The Balaban J connectivity index is 2.73. The lowest BCUT2D eigenvalue weighted by atomic mass is 10.1. The van der Waals surface area contributed by atoms with Gasteiger partial charge in [0.2, 0.25) is 0 Å². The van der Waals surface area contributed by atoms with E-state index in [2.05, 4.69) is 43.0 Å². The molecule has 0 N–H and O–H groups in total. The molecule has 1 aromatic rings. The summed E-state index contributed by atoms with van der Waals surface area (Å²) in [5, 5.41) is 0. The predicted molar refractivity (Wildman–Crippen MR) is 82.4 cm³/mol. The molecule has 0 fully saturated rings. The number of rotatable bonds is 7. The van der Waals surface area contributed by atoms with Crippen molar-refractivity contribution in [3.8, 4) is 0 Å². The number of methoxy groups -OCH3 is 1. The maximum Gasteiger partial charge on any atom is 0.333 e. The molecule has 0 aliphatic heterocycles. The van der Waals surface area contributed by atoms with Crippen LogP contribution in [-0.4, -0.2) is 30.6 Å². The zero-order chi connectivity index (χ0) is 15.0. The van der Waals surface area contributed by atoms with Crippen LogP contribution < -0.4 is 0 Å². The van der Waals surface area contributed by atoms with Crippen molar-refractivity contribution < 1.29 is 9.53 Å². The Morgan fingerprint density at radius 2 is 1.95 bits per heavy atom. The van der Waals surface area contributed by atoms with Gasteiger partial charge in [-0.3, -0.25) is 4.90 Å². The van der Waals surface area contributed by atoms with Crippen LogP contribution in [0, 0.1) is 0 Å². The summed E-state index contributed by atoms with van der Waals surface area (Å²) >= 11 is 0. The third-order valence-corrected chi connectivity index (χ3v) is 3.36. The van der Waals surface area contributed by atoms with Crippen LogP contribution in [0.15, 0.2) is 42.0 Å². The monoisotopic (exact) mass is 275 g/mol. The van der Waals surface area contributed by atoms with E-state index in [-0.39, 0.29) is 5.97 Å². The molecule has 0 bridgehead atoms. The van der Waals surface area contributed by atoms with Crippen LogP contribution in [0.4, 0.5) is 0 Å². The topological polar surface area (TPSA) is 29.5 Å². The largest absolute Gasteiger partial charge is 0.466 e. The van der Waals surface area contributed by atoms with Gasteiger partial charge < -0.3 is 4.74 Å². The van der Waals surface area contributed by atoms with E-state index >= 15 is 0 Å². The number of ether oxygens (including phenoxy) is 1. The van der Waals surface area contributed by atoms with Gasteiger partial charge in [-0.25, -0.2) is 4.79 Å². The molecule has 0 radical (unpaired) electrons. The Labute approximate surface area is 122 Å². The van der Waals surface area contributed by atoms with Gasteiger partial charge in [0.15, 0.2) is 0 Å². The molecule has 0 saturated carbocycles. The molecule has 0 aromatic heterocycles. The molecule has 3 heteroatoms. The number of carbonyl (C=O) groups is 1. The number of carbonyl (C=O) groups excluding carboxylic acids is 1. The first kappa shape index (κ1) is 16.4. The lowest BCUT2D eigenvalue weighted by Crippen LogP contribution is -2.30. The van der Waals surface area contributed by atoms with E-state index in [1.165, 1.54) is 12.7 Å². The van der Waals surface area contributed by atoms with Crippen LogP contribution in [0.5, 0.6) is 0 Å². The Hall–Kier alpha value is -1.61. The summed E-state index contributed by atoms with van der Waals surface area (Å²) in [6.07, 6.45) is 2.68. The summed E-state index contributed by atoms with van der Waals surface area (Å²) in [5.41, 5.74) is 2.02.